The molecular weight excluding hydrogens is 252 g/mol. The molecule has 1 aromatic heterocycles. The second-order valence-electron chi connectivity index (χ2n) is 5.69. The molecule has 0 spiro atoms. The highest BCUT2D eigenvalue weighted by Gasteiger charge is 2.20. The first-order valence-electron chi connectivity index (χ1n) is 8.05. The number of aromatic nitrogens is 2. The van der Waals surface area contributed by atoms with Crippen molar-refractivity contribution in [2.45, 2.75) is 78.0 Å². The second kappa shape index (κ2) is 7.23. The Morgan fingerprint density at radius 1 is 1.40 bits per heavy atom. The molecular formula is C16H28N2O2. The van der Waals surface area contributed by atoms with Crippen LogP contribution in [0, 0.1) is 0 Å². The third kappa shape index (κ3) is 3.41. The molecule has 4 nitrogen and oxygen atoms in total. The van der Waals surface area contributed by atoms with Crippen LogP contribution in [0.5, 0.6) is 0 Å². The van der Waals surface area contributed by atoms with Crippen LogP contribution in [0.1, 0.15) is 69.5 Å². The van der Waals surface area contributed by atoms with E-state index in [0.717, 1.165) is 50.1 Å². The quantitative estimate of drug-likeness (QED) is 0.835. The lowest BCUT2D eigenvalue weighted by molar-refractivity contribution is 0.101. The zero-order chi connectivity index (χ0) is 14.5. The van der Waals surface area contributed by atoms with Crippen LogP contribution in [-0.4, -0.2) is 27.6 Å². The summed E-state index contributed by atoms with van der Waals surface area (Å²) in [5.41, 5.74) is 3.30. The molecule has 0 bridgehead atoms. The molecule has 2 unspecified atom stereocenters. The number of aliphatic hydroxyl groups excluding tert-OH is 1. The summed E-state index contributed by atoms with van der Waals surface area (Å²) < 4.78 is 7.77. The Balaban J connectivity index is 2.02. The van der Waals surface area contributed by atoms with Gasteiger partial charge in [-0.25, -0.2) is 0 Å². The maximum atomic E-state index is 9.99. The molecule has 0 saturated carbocycles. The van der Waals surface area contributed by atoms with Crippen molar-refractivity contribution in [2.24, 2.45) is 0 Å². The van der Waals surface area contributed by atoms with Gasteiger partial charge in [0, 0.05) is 24.4 Å². The molecule has 1 aromatic rings. The summed E-state index contributed by atoms with van der Waals surface area (Å²) in [5, 5.41) is 14.7. The Morgan fingerprint density at radius 3 is 2.75 bits per heavy atom. The van der Waals surface area contributed by atoms with Crippen LogP contribution in [0.25, 0.3) is 0 Å². The van der Waals surface area contributed by atoms with Crippen molar-refractivity contribution in [3.05, 3.63) is 17.0 Å². The summed E-state index contributed by atoms with van der Waals surface area (Å²) >= 11 is 0. The smallest absolute Gasteiger partial charge is 0.0798 e. The lowest BCUT2D eigenvalue weighted by atomic mass is 10.0. The summed E-state index contributed by atoms with van der Waals surface area (Å²) in [6, 6.07) is 0. The summed E-state index contributed by atoms with van der Waals surface area (Å²) in [7, 11) is 0. The van der Waals surface area contributed by atoms with Gasteiger partial charge in [0.15, 0.2) is 0 Å². The van der Waals surface area contributed by atoms with Crippen LogP contribution in [-0.2, 0) is 24.1 Å². The maximum Gasteiger partial charge on any atom is 0.0798 e. The topological polar surface area (TPSA) is 47.3 Å². The predicted octanol–water partition coefficient (Wildman–Crippen LogP) is 3.02. The number of hydrogen-bond donors (Lipinski definition) is 1. The molecule has 0 amide bonds. The molecule has 1 fully saturated rings. The Morgan fingerprint density at radius 2 is 2.20 bits per heavy atom. The van der Waals surface area contributed by atoms with Gasteiger partial charge in [-0.05, 0) is 45.4 Å². The van der Waals surface area contributed by atoms with Gasteiger partial charge in [-0.1, -0.05) is 13.8 Å². The fourth-order valence-corrected chi connectivity index (χ4v) is 3.21. The lowest BCUT2D eigenvalue weighted by Gasteiger charge is -2.11. The molecule has 0 aromatic carbocycles. The highest BCUT2D eigenvalue weighted by Crippen LogP contribution is 2.24. The van der Waals surface area contributed by atoms with Crippen LogP contribution >= 0.6 is 0 Å². The summed E-state index contributed by atoms with van der Waals surface area (Å²) in [5.74, 6) is 0. The van der Waals surface area contributed by atoms with E-state index in [2.05, 4.69) is 18.5 Å². The van der Waals surface area contributed by atoms with E-state index in [1.54, 1.807) is 0 Å². The van der Waals surface area contributed by atoms with Crippen LogP contribution in [0.15, 0.2) is 0 Å². The van der Waals surface area contributed by atoms with Crippen LogP contribution < -0.4 is 0 Å². The van der Waals surface area contributed by atoms with E-state index in [1.165, 1.54) is 18.5 Å². The first kappa shape index (κ1) is 15.5. The van der Waals surface area contributed by atoms with Crippen molar-refractivity contribution >= 4 is 0 Å². The Labute approximate surface area is 122 Å². The minimum atomic E-state index is -0.424. The summed E-state index contributed by atoms with van der Waals surface area (Å²) in [4.78, 5) is 0. The van der Waals surface area contributed by atoms with Gasteiger partial charge in [0.25, 0.3) is 0 Å². The van der Waals surface area contributed by atoms with Crippen LogP contribution in [0.3, 0.4) is 0 Å². The predicted molar refractivity (Wildman–Crippen MR) is 79.8 cm³/mol. The van der Waals surface area contributed by atoms with Gasteiger partial charge in [-0.15, -0.1) is 0 Å². The molecule has 2 rings (SSSR count). The fraction of sp³-hybridized carbons (Fsp3) is 0.812. The van der Waals surface area contributed by atoms with Crippen LogP contribution in [0.2, 0.25) is 0 Å². The first-order chi connectivity index (χ1) is 9.67. The van der Waals surface area contributed by atoms with Gasteiger partial charge in [0.2, 0.25) is 0 Å². The van der Waals surface area contributed by atoms with Crippen molar-refractivity contribution in [3.8, 4) is 0 Å². The normalized spacial score (nSPS) is 20.5. The van der Waals surface area contributed by atoms with E-state index in [4.69, 9.17) is 9.84 Å². The van der Waals surface area contributed by atoms with E-state index < -0.39 is 6.10 Å². The maximum absolute atomic E-state index is 9.99. The zero-order valence-corrected chi connectivity index (χ0v) is 13.1. The average molecular weight is 280 g/mol. The summed E-state index contributed by atoms with van der Waals surface area (Å²) in [6.07, 6.45) is 6.47. The van der Waals surface area contributed by atoms with E-state index in [9.17, 15) is 5.11 Å². The van der Waals surface area contributed by atoms with E-state index in [1.807, 2.05) is 6.92 Å². The molecule has 20 heavy (non-hydrogen) atoms. The third-order valence-corrected chi connectivity index (χ3v) is 4.18. The number of hydrogen-bond acceptors (Lipinski definition) is 3. The first-order valence-corrected chi connectivity index (χ1v) is 8.05. The van der Waals surface area contributed by atoms with Crippen molar-refractivity contribution in [1.29, 1.82) is 0 Å². The number of aryl methyl sites for hydroxylation is 2. The van der Waals surface area contributed by atoms with Crippen molar-refractivity contribution in [1.82, 2.24) is 9.78 Å². The standard InChI is InChI=1S/C16H28N2O2/c1-4-14-16(12(3)19)15(5-2)18(17-14)10-6-8-13-9-7-11-20-13/h12-13,19H,4-11H2,1-3H3. The lowest BCUT2D eigenvalue weighted by Crippen LogP contribution is -2.10. The molecule has 1 aliphatic rings. The molecule has 1 aliphatic heterocycles. The molecule has 0 radical (unpaired) electrons. The molecule has 1 saturated heterocycles. The Bertz CT molecular complexity index is 420. The molecule has 4 heteroatoms. The van der Waals surface area contributed by atoms with Crippen molar-refractivity contribution in [3.63, 3.8) is 0 Å². The Hall–Kier alpha value is -0.870. The van der Waals surface area contributed by atoms with Gasteiger partial charge in [-0.3, -0.25) is 4.68 Å². The highest BCUT2D eigenvalue weighted by atomic mass is 16.5. The highest BCUT2D eigenvalue weighted by molar-refractivity contribution is 5.28. The van der Waals surface area contributed by atoms with Gasteiger partial charge in [-0.2, -0.15) is 5.10 Å². The van der Waals surface area contributed by atoms with E-state index in [0.29, 0.717) is 6.10 Å². The zero-order valence-electron chi connectivity index (χ0n) is 13.1. The molecule has 0 aliphatic carbocycles. The van der Waals surface area contributed by atoms with E-state index in [-0.39, 0.29) is 0 Å². The SMILES string of the molecule is CCc1nn(CCCC2CCCO2)c(CC)c1C(C)O. The molecule has 1 N–H and O–H groups in total. The number of nitrogens with zero attached hydrogens (tertiary/aromatic N) is 2. The number of ether oxygens (including phenoxy) is 1. The largest absolute Gasteiger partial charge is 0.389 e. The molecule has 114 valence electrons. The molecule has 2 atom stereocenters. The van der Waals surface area contributed by atoms with Gasteiger partial charge in [0.1, 0.15) is 0 Å². The van der Waals surface area contributed by atoms with Gasteiger partial charge < -0.3 is 9.84 Å². The number of rotatable bonds is 7. The third-order valence-electron chi connectivity index (χ3n) is 4.18. The minimum Gasteiger partial charge on any atom is -0.389 e. The molecule has 2 heterocycles. The Kier molecular flexibility index (Phi) is 5.61. The minimum absolute atomic E-state index is 0.424. The van der Waals surface area contributed by atoms with Gasteiger partial charge in [0.05, 0.1) is 17.9 Å². The van der Waals surface area contributed by atoms with E-state index >= 15 is 0 Å². The average Bonchev–Trinajstić information content (AvgIpc) is 3.05. The fourth-order valence-electron chi connectivity index (χ4n) is 3.21. The van der Waals surface area contributed by atoms with Crippen molar-refractivity contribution in [2.75, 3.05) is 6.61 Å². The van der Waals surface area contributed by atoms with Crippen LogP contribution in [0.4, 0.5) is 0 Å². The van der Waals surface area contributed by atoms with Gasteiger partial charge >= 0.3 is 0 Å². The van der Waals surface area contributed by atoms with Crippen molar-refractivity contribution < 1.29 is 9.84 Å². The second-order valence-corrected chi connectivity index (χ2v) is 5.69. The monoisotopic (exact) mass is 280 g/mol. The summed E-state index contributed by atoms with van der Waals surface area (Å²) in [6.45, 7) is 7.94. The number of aliphatic hydroxyl groups is 1.